The van der Waals surface area contributed by atoms with Crippen molar-refractivity contribution in [1.82, 2.24) is 5.32 Å². The predicted octanol–water partition coefficient (Wildman–Crippen LogP) is 2.33. The Morgan fingerprint density at radius 1 is 1.33 bits per heavy atom. The van der Waals surface area contributed by atoms with E-state index >= 15 is 0 Å². The molecular weight excluding hydrogens is 323 g/mol. The summed E-state index contributed by atoms with van der Waals surface area (Å²) in [6.45, 7) is 3.19. The molecule has 0 aliphatic rings. The summed E-state index contributed by atoms with van der Waals surface area (Å²) in [5, 5.41) is 3.01. The van der Waals surface area contributed by atoms with Crippen LogP contribution in [-0.2, 0) is 10.0 Å². The Morgan fingerprint density at radius 3 is 2.67 bits per heavy atom. The van der Waals surface area contributed by atoms with Crippen LogP contribution in [0.4, 0.5) is 10.1 Å². The molecule has 0 bridgehead atoms. The van der Waals surface area contributed by atoms with Crippen LogP contribution < -0.4 is 10.0 Å². The Bertz CT molecular complexity index is 494. The zero-order valence-electron chi connectivity index (χ0n) is 10.0. The van der Waals surface area contributed by atoms with Gasteiger partial charge in [0.05, 0.1) is 10.2 Å². The van der Waals surface area contributed by atoms with Crippen LogP contribution >= 0.6 is 15.9 Å². The Kier molecular flexibility index (Phi) is 6.04. The van der Waals surface area contributed by atoms with Crippen LogP contribution in [0.2, 0.25) is 0 Å². The molecule has 4 nitrogen and oxygen atoms in total. The summed E-state index contributed by atoms with van der Waals surface area (Å²) in [7, 11) is -3.40. The highest BCUT2D eigenvalue weighted by Gasteiger charge is 2.10. The molecule has 0 aliphatic heterocycles. The number of benzene rings is 1. The standard InChI is InChI=1S/C11H16BrFN2O2S/c1-2-5-14-6-7-18(16,17)15-9-3-4-11(13)10(12)8-9/h3-4,8,14-15H,2,5-7H2,1H3. The van der Waals surface area contributed by atoms with Crippen LogP contribution in [0.1, 0.15) is 13.3 Å². The smallest absolute Gasteiger partial charge is 0.233 e. The van der Waals surface area contributed by atoms with Gasteiger partial charge < -0.3 is 5.32 Å². The summed E-state index contributed by atoms with van der Waals surface area (Å²) in [5.41, 5.74) is 0.346. The monoisotopic (exact) mass is 338 g/mol. The van der Waals surface area contributed by atoms with Gasteiger partial charge in [0.2, 0.25) is 10.0 Å². The van der Waals surface area contributed by atoms with Gasteiger partial charge in [-0.05, 0) is 47.1 Å². The number of anilines is 1. The lowest BCUT2D eigenvalue weighted by Crippen LogP contribution is -2.27. The number of hydrogen-bond donors (Lipinski definition) is 2. The first-order valence-electron chi connectivity index (χ1n) is 5.61. The topological polar surface area (TPSA) is 58.2 Å². The van der Waals surface area contributed by atoms with Crippen molar-refractivity contribution < 1.29 is 12.8 Å². The number of rotatable bonds is 7. The molecule has 0 amide bonds. The third kappa shape index (κ3) is 5.32. The largest absolute Gasteiger partial charge is 0.316 e. The van der Waals surface area contributed by atoms with Gasteiger partial charge in [-0.15, -0.1) is 0 Å². The van der Waals surface area contributed by atoms with Crippen molar-refractivity contribution in [3.63, 3.8) is 0 Å². The first kappa shape index (κ1) is 15.4. The van der Waals surface area contributed by atoms with Crippen LogP contribution in [-0.4, -0.2) is 27.3 Å². The van der Waals surface area contributed by atoms with Crippen molar-refractivity contribution in [3.8, 4) is 0 Å². The van der Waals surface area contributed by atoms with E-state index in [4.69, 9.17) is 0 Å². The normalized spacial score (nSPS) is 11.5. The van der Waals surface area contributed by atoms with Gasteiger partial charge in [-0.2, -0.15) is 0 Å². The van der Waals surface area contributed by atoms with Crippen LogP contribution in [0, 0.1) is 5.82 Å². The van der Waals surface area contributed by atoms with Crippen molar-refractivity contribution in [2.45, 2.75) is 13.3 Å². The molecule has 0 aromatic heterocycles. The second kappa shape index (κ2) is 7.06. The van der Waals surface area contributed by atoms with Crippen molar-refractivity contribution >= 4 is 31.6 Å². The predicted molar refractivity (Wildman–Crippen MR) is 74.7 cm³/mol. The molecule has 0 saturated carbocycles. The second-order valence-corrected chi connectivity index (χ2v) is 6.50. The Balaban J connectivity index is 2.56. The fourth-order valence-electron chi connectivity index (χ4n) is 1.30. The van der Waals surface area contributed by atoms with E-state index in [0.717, 1.165) is 13.0 Å². The molecule has 0 aliphatic carbocycles. The van der Waals surface area contributed by atoms with Crippen LogP contribution in [0.5, 0.6) is 0 Å². The lowest BCUT2D eigenvalue weighted by Gasteiger charge is -2.09. The van der Waals surface area contributed by atoms with E-state index in [0.29, 0.717) is 12.2 Å². The third-order valence-corrected chi connectivity index (χ3v) is 4.06. The quantitative estimate of drug-likeness (QED) is 0.750. The van der Waals surface area contributed by atoms with E-state index < -0.39 is 15.8 Å². The highest BCUT2D eigenvalue weighted by molar-refractivity contribution is 9.10. The van der Waals surface area contributed by atoms with E-state index in [2.05, 4.69) is 26.0 Å². The average Bonchev–Trinajstić information content (AvgIpc) is 2.29. The van der Waals surface area contributed by atoms with Crippen LogP contribution in [0.3, 0.4) is 0 Å². The SMILES string of the molecule is CCCNCCS(=O)(=O)Nc1ccc(F)c(Br)c1. The Morgan fingerprint density at radius 2 is 2.06 bits per heavy atom. The molecule has 1 aromatic rings. The van der Waals surface area contributed by atoms with Crippen LogP contribution in [0.15, 0.2) is 22.7 Å². The van der Waals surface area contributed by atoms with Gasteiger partial charge in [0.15, 0.2) is 0 Å². The van der Waals surface area contributed by atoms with Crippen molar-refractivity contribution in [2.75, 3.05) is 23.6 Å². The summed E-state index contributed by atoms with van der Waals surface area (Å²) in [5.74, 6) is -0.440. The second-order valence-electron chi connectivity index (χ2n) is 3.80. The average molecular weight is 339 g/mol. The molecule has 0 unspecified atom stereocenters. The molecule has 1 rings (SSSR count). The summed E-state index contributed by atoms with van der Waals surface area (Å²) < 4.78 is 39.0. The van der Waals surface area contributed by atoms with Gasteiger partial charge in [-0.25, -0.2) is 12.8 Å². The summed E-state index contributed by atoms with van der Waals surface area (Å²) in [6, 6.07) is 3.99. The minimum Gasteiger partial charge on any atom is -0.316 e. The molecular formula is C11H16BrFN2O2S. The van der Waals surface area contributed by atoms with Gasteiger partial charge in [-0.3, -0.25) is 4.72 Å². The fourth-order valence-corrected chi connectivity index (χ4v) is 2.68. The molecule has 102 valence electrons. The minimum absolute atomic E-state index is 0.0119. The lowest BCUT2D eigenvalue weighted by molar-refractivity contribution is 0.595. The summed E-state index contributed by atoms with van der Waals surface area (Å²) >= 11 is 3.00. The van der Waals surface area contributed by atoms with Crippen molar-refractivity contribution in [2.24, 2.45) is 0 Å². The molecule has 0 atom stereocenters. The van der Waals surface area contributed by atoms with Gasteiger partial charge in [0.25, 0.3) is 0 Å². The number of halogens is 2. The van der Waals surface area contributed by atoms with E-state index in [1.807, 2.05) is 6.92 Å². The number of hydrogen-bond acceptors (Lipinski definition) is 3. The molecule has 0 fully saturated rings. The van der Waals surface area contributed by atoms with Gasteiger partial charge in [0.1, 0.15) is 5.82 Å². The molecule has 2 N–H and O–H groups in total. The summed E-state index contributed by atoms with van der Waals surface area (Å²) in [6.07, 6.45) is 0.957. The van der Waals surface area contributed by atoms with Gasteiger partial charge in [-0.1, -0.05) is 6.92 Å². The maximum atomic E-state index is 13.0. The van der Waals surface area contributed by atoms with Crippen molar-refractivity contribution in [1.29, 1.82) is 0 Å². The van der Waals surface area contributed by atoms with E-state index in [-0.39, 0.29) is 10.2 Å². The number of nitrogens with one attached hydrogen (secondary N) is 2. The first-order chi connectivity index (χ1) is 8.44. The maximum Gasteiger partial charge on any atom is 0.233 e. The van der Waals surface area contributed by atoms with E-state index in [1.54, 1.807) is 0 Å². The Labute approximate surface area is 115 Å². The molecule has 1 aromatic carbocycles. The lowest BCUT2D eigenvalue weighted by atomic mass is 10.3. The van der Waals surface area contributed by atoms with Crippen molar-refractivity contribution in [3.05, 3.63) is 28.5 Å². The molecule has 0 radical (unpaired) electrons. The highest BCUT2D eigenvalue weighted by Crippen LogP contribution is 2.20. The Hall–Kier alpha value is -0.660. The zero-order chi connectivity index (χ0) is 13.6. The van der Waals surface area contributed by atoms with Gasteiger partial charge >= 0.3 is 0 Å². The molecule has 18 heavy (non-hydrogen) atoms. The maximum absolute atomic E-state index is 13.0. The third-order valence-electron chi connectivity index (χ3n) is 2.17. The first-order valence-corrected chi connectivity index (χ1v) is 8.05. The van der Waals surface area contributed by atoms with E-state index in [9.17, 15) is 12.8 Å². The molecule has 0 saturated heterocycles. The molecule has 0 heterocycles. The minimum atomic E-state index is -3.40. The summed E-state index contributed by atoms with van der Waals surface area (Å²) in [4.78, 5) is 0. The van der Waals surface area contributed by atoms with Crippen LogP contribution in [0.25, 0.3) is 0 Å². The fraction of sp³-hybridized carbons (Fsp3) is 0.455. The highest BCUT2D eigenvalue weighted by atomic mass is 79.9. The molecule has 7 heteroatoms. The number of sulfonamides is 1. The van der Waals surface area contributed by atoms with Gasteiger partial charge in [0, 0.05) is 12.2 Å². The zero-order valence-corrected chi connectivity index (χ0v) is 12.4. The van der Waals surface area contributed by atoms with E-state index in [1.165, 1.54) is 18.2 Å². The molecule has 0 spiro atoms.